The summed E-state index contributed by atoms with van der Waals surface area (Å²) in [4.78, 5) is 3.27. The Balaban J connectivity index is 2.18. The molecule has 0 aliphatic heterocycles. The fourth-order valence-electron chi connectivity index (χ4n) is 2.82. The van der Waals surface area contributed by atoms with Crippen LogP contribution >= 0.6 is 12.2 Å². The molecule has 0 bridgehead atoms. The molecule has 1 N–H and O–H groups in total. The molecule has 1 unspecified atom stereocenters. The summed E-state index contributed by atoms with van der Waals surface area (Å²) in [6, 6.07) is 14.6. The van der Waals surface area contributed by atoms with Crippen molar-refractivity contribution in [2.45, 2.75) is 19.9 Å². The summed E-state index contributed by atoms with van der Waals surface area (Å²) in [7, 11) is 1.67. The van der Waals surface area contributed by atoms with E-state index in [1.807, 2.05) is 12.1 Å². The summed E-state index contributed by atoms with van der Waals surface area (Å²) in [5.74, 6) is 0.828. The second-order valence-electron chi connectivity index (χ2n) is 5.22. The monoisotopic (exact) mass is 298 g/mol. The van der Waals surface area contributed by atoms with Gasteiger partial charge in [0.2, 0.25) is 0 Å². The zero-order chi connectivity index (χ0) is 15.0. The van der Waals surface area contributed by atoms with Gasteiger partial charge in [-0.25, -0.2) is 0 Å². The Hall–Kier alpha value is -2.07. The van der Waals surface area contributed by atoms with Crippen LogP contribution in [0.15, 0.2) is 42.5 Å². The predicted octanol–water partition coefficient (Wildman–Crippen LogP) is 4.63. The normalized spacial score (nSPS) is 12.5. The van der Waals surface area contributed by atoms with Crippen LogP contribution in [0, 0.1) is 11.7 Å². The predicted molar refractivity (Wildman–Crippen MR) is 88.7 cm³/mol. The third-order valence-electron chi connectivity index (χ3n) is 3.95. The number of hydrogen-bond donors (Lipinski definition) is 1. The number of benzene rings is 2. The number of nitrogens with one attached hydrogen (secondary N) is 1. The summed E-state index contributed by atoms with van der Waals surface area (Å²) >= 11 is 5.52. The minimum Gasteiger partial charge on any atom is -0.497 e. The largest absolute Gasteiger partial charge is 0.497 e. The van der Waals surface area contributed by atoms with Crippen LogP contribution in [0.2, 0.25) is 0 Å². The van der Waals surface area contributed by atoms with Crippen molar-refractivity contribution in [3.63, 3.8) is 0 Å². The van der Waals surface area contributed by atoms with Crippen molar-refractivity contribution in [3.8, 4) is 5.75 Å². The fraction of sp³-hybridized carbons (Fsp3) is 0.235. The van der Waals surface area contributed by atoms with Crippen molar-refractivity contribution in [2.75, 3.05) is 7.11 Å². The van der Waals surface area contributed by atoms with Gasteiger partial charge >= 0.3 is 0 Å². The van der Waals surface area contributed by atoms with Crippen LogP contribution in [0.25, 0.3) is 11.0 Å². The van der Waals surface area contributed by atoms with Crippen LogP contribution < -0.4 is 4.74 Å². The molecule has 1 aromatic heterocycles. The van der Waals surface area contributed by atoms with E-state index in [9.17, 15) is 0 Å². The minimum absolute atomic E-state index is 0.181. The first-order valence-corrected chi connectivity index (χ1v) is 7.36. The second-order valence-corrected chi connectivity index (χ2v) is 5.60. The van der Waals surface area contributed by atoms with Crippen molar-refractivity contribution in [1.82, 2.24) is 9.55 Å². The quantitative estimate of drug-likeness (QED) is 0.715. The summed E-state index contributed by atoms with van der Waals surface area (Å²) in [5, 5.41) is 0. The maximum Gasteiger partial charge on any atom is 0.178 e. The Bertz CT molecular complexity index is 847. The molecule has 0 radical (unpaired) electrons. The van der Waals surface area contributed by atoms with Crippen molar-refractivity contribution in [3.05, 3.63) is 58.4 Å². The van der Waals surface area contributed by atoms with Crippen LogP contribution in [0.5, 0.6) is 5.75 Å². The number of imidazole rings is 1. The molecule has 21 heavy (non-hydrogen) atoms. The van der Waals surface area contributed by atoms with Gasteiger partial charge in [0.05, 0.1) is 24.2 Å². The Labute approximate surface area is 129 Å². The van der Waals surface area contributed by atoms with E-state index in [1.54, 1.807) is 7.11 Å². The van der Waals surface area contributed by atoms with Crippen LogP contribution in [0.3, 0.4) is 0 Å². The Morgan fingerprint density at radius 3 is 2.67 bits per heavy atom. The van der Waals surface area contributed by atoms with Gasteiger partial charge in [-0.1, -0.05) is 24.3 Å². The SMILES string of the molecule is COc1ccc2c(c1)[nH]c(=S)n2C(C)c1ccccc1C. The van der Waals surface area contributed by atoms with E-state index >= 15 is 0 Å². The molecule has 108 valence electrons. The van der Waals surface area contributed by atoms with Gasteiger partial charge in [0, 0.05) is 6.07 Å². The number of aromatic amines is 1. The molecule has 1 heterocycles. The fourth-order valence-corrected chi connectivity index (χ4v) is 3.18. The van der Waals surface area contributed by atoms with E-state index in [-0.39, 0.29) is 6.04 Å². The molecule has 3 aromatic rings. The van der Waals surface area contributed by atoms with E-state index < -0.39 is 0 Å². The smallest absolute Gasteiger partial charge is 0.178 e. The van der Waals surface area contributed by atoms with Crippen molar-refractivity contribution in [2.24, 2.45) is 0 Å². The molecular weight excluding hydrogens is 280 g/mol. The highest BCUT2D eigenvalue weighted by atomic mass is 32.1. The number of hydrogen-bond acceptors (Lipinski definition) is 2. The first-order valence-electron chi connectivity index (χ1n) is 6.95. The maximum absolute atomic E-state index is 5.52. The number of rotatable bonds is 3. The molecule has 0 aliphatic carbocycles. The highest BCUT2D eigenvalue weighted by Crippen LogP contribution is 2.28. The topological polar surface area (TPSA) is 29.9 Å². The summed E-state index contributed by atoms with van der Waals surface area (Å²) in [6.45, 7) is 4.31. The van der Waals surface area contributed by atoms with Crippen LogP contribution in [0.1, 0.15) is 24.1 Å². The van der Waals surface area contributed by atoms with E-state index in [4.69, 9.17) is 17.0 Å². The molecule has 1 atom stereocenters. The second kappa shape index (κ2) is 5.37. The summed E-state index contributed by atoms with van der Waals surface area (Å²) < 4.78 is 8.16. The third kappa shape index (κ3) is 2.36. The van der Waals surface area contributed by atoms with Gasteiger partial charge in [-0.2, -0.15) is 0 Å². The molecule has 0 saturated heterocycles. The number of aromatic nitrogens is 2. The highest BCUT2D eigenvalue weighted by Gasteiger charge is 2.14. The summed E-state index contributed by atoms with van der Waals surface area (Å²) in [5.41, 5.74) is 4.65. The lowest BCUT2D eigenvalue weighted by Gasteiger charge is -2.17. The van der Waals surface area contributed by atoms with Gasteiger partial charge in [0.1, 0.15) is 5.75 Å². The lowest BCUT2D eigenvalue weighted by molar-refractivity contribution is 0.415. The van der Waals surface area contributed by atoms with E-state index in [0.717, 1.165) is 21.6 Å². The van der Waals surface area contributed by atoms with E-state index in [1.165, 1.54) is 11.1 Å². The lowest BCUT2D eigenvalue weighted by Crippen LogP contribution is -2.08. The van der Waals surface area contributed by atoms with E-state index in [0.29, 0.717) is 0 Å². The molecular formula is C17H18N2OS. The molecule has 4 heteroatoms. The zero-order valence-corrected chi connectivity index (χ0v) is 13.2. The Kier molecular flexibility index (Phi) is 3.55. The molecule has 0 fully saturated rings. The highest BCUT2D eigenvalue weighted by molar-refractivity contribution is 7.71. The molecule has 0 aliphatic rings. The molecule has 0 saturated carbocycles. The Morgan fingerprint density at radius 2 is 1.95 bits per heavy atom. The van der Waals surface area contributed by atoms with Gasteiger partial charge in [0.25, 0.3) is 0 Å². The van der Waals surface area contributed by atoms with Gasteiger partial charge in [0.15, 0.2) is 4.77 Å². The van der Waals surface area contributed by atoms with Crippen LogP contribution in [-0.2, 0) is 0 Å². The van der Waals surface area contributed by atoms with Crippen molar-refractivity contribution < 1.29 is 4.74 Å². The molecule has 3 nitrogen and oxygen atoms in total. The number of methoxy groups -OCH3 is 1. The standard InChI is InChI=1S/C17H18N2OS/c1-11-6-4-5-7-14(11)12(2)19-16-9-8-13(20-3)10-15(16)18-17(19)21/h4-10,12H,1-3H3,(H,18,21). The van der Waals surface area contributed by atoms with Gasteiger partial charge < -0.3 is 14.3 Å². The molecule has 0 spiro atoms. The summed E-state index contributed by atoms with van der Waals surface area (Å²) in [6.07, 6.45) is 0. The average Bonchev–Trinajstić information content (AvgIpc) is 2.81. The molecule has 3 rings (SSSR count). The molecule has 0 amide bonds. The number of nitrogens with zero attached hydrogens (tertiary/aromatic N) is 1. The number of fused-ring (bicyclic) bond motifs is 1. The van der Waals surface area contributed by atoms with Crippen LogP contribution in [0.4, 0.5) is 0 Å². The third-order valence-corrected chi connectivity index (χ3v) is 4.25. The van der Waals surface area contributed by atoms with Gasteiger partial charge in [-0.3, -0.25) is 0 Å². The number of ether oxygens (including phenoxy) is 1. The Morgan fingerprint density at radius 1 is 1.19 bits per heavy atom. The maximum atomic E-state index is 5.52. The minimum atomic E-state index is 0.181. The van der Waals surface area contributed by atoms with Crippen molar-refractivity contribution >= 4 is 23.3 Å². The number of H-pyrrole nitrogens is 1. The van der Waals surface area contributed by atoms with Crippen LogP contribution in [-0.4, -0.2) is 16.7 Å². The van der Waals surface area contributed by atoms with Crippen molar-refractivity contribution in [1.29, 1.82) is 0 Å². The van der Waals surface area contributed by atoms with Gasteiger partial charge in [-0.05, 0) is 49.3 Å². The zero-order valence-electron chi connectivity index (χ0n) is 12.4. The number of aryl methyl sites for hydroxylation is 1. The first-order chi connectivity index (χ1) is 10.1. The molecule has 2 aromatic carbocycles. The van der Waals surface area contributed by atoms with E-state index in [2.05, 4.69) is 53.7 Å². The first kappa shape index (κ1) is 13.9. The van der Waals surface area contributed by atoms with Gasteiger partial charge in [-0.15, -0.1) is 0 Å². The lowest BCUT2D eigenvalue weighted by atomic mass is 10.0. The average molecular weight is 298 g/mol.